The molecule has 0 radical (unpaired) electrons. The van der Waals surface area contributed by atoms with Crippen LogP contribution < -0.4 is 16.0 Å². The third-order valence-electron chi connectivity index (χ3n) is 2.98. The van der Waals surface area contributed by atoms with Crippen LogP contribution in [0.3, 0.4) is 0 Å². The first-order chi connectivity index (χ1) is 8.67. The Morgan fingerprint density at radius 2 is 2.22 bits per heavy atom. The highest BCUT2D eigenvalue weighted by Gasteiger charge is 2.17. The summed E-state index contributed by atoms with van der Waals surface area (Å²) < 4.78 is 7.01. The van der Waals surface area contributed by atoms with Gasteiger partial charge in [-0.15, -0.1) is 5.10 Å². The first kappa shape index (κ1) is 12.5. The van der Waals surface area contributed by atoms with E-state index in [1.54, 1.807) is 18.0 Å². The number of ether oxygens (including phenoxy) is 1. The third kappa shape index (κ3) is 2.20. The van der Waals surface area contributed by atoms with Gasteiger partial charge < -0.3 is 4.74 Å². The Labute approximate surface area is 106 Å². The van der Waals surface area contributed by atoms with Crippen LogP contribution in [0.4, 0.5) is 0 Å². The van der Waals surface area contributed by atoms with Gasteiger partial charge in [0.15, 0.2) is 0 Å². The molecule has 1 heterocycles. The minimum absolute atomic E-state index is 0.167. The van der Waals surface area contributed by atoms with E-state index in [2.05, 4.69) is 15.7 Å². The molecule has 1 aromatic carbocycles. The number of nitrogens with zero attached hydrogens (tertiary/aromatic N) is 3. The lowest BCUT2D eigenvalue weighted by Crippen LogP contribution is -2.30. The van der Waals surface area contributed by atoms with Gasteiger partial charge in [-0.1, -0.05) is 17.3 Å². The molecule has 6 nitrogen and oxygen atoms in total. The zero-order valence-corrected chi connectivity index (χ0v) is 10.7. The third-order valence-corrected chi connectivity index (χ3v) is 2.98. The Balaban J connectivity index is 2.42. The summed E-state index contributed by atoms with van der Waals surface area (Å²) in [6, 6.07) is 5.81. The molecule has 0 spiro atoms. The molecule has 1 atom stereocenters. The predicted molar refractivity (Wildman–Crippen MR) is 67.9 cm³/mol. The zero-order chi connectivity index (χ0) is 13.1. The Morgan fingerprint density at radius 1 is 1.44 bits per heavy atom. The SMILES string of the molecule is COc1cc(C(NN)c2cnnn2C)ccc1C. The zero-order valence-electron chi connectivity index (χ0n) is 10.7. The van der Waals surface area contributed by atoms with Gasteiger partial charge in [0.2, 0.25) is 0 Å². The molecule has 96 valence electrons. The molecule has 0 aliphatic rings. The topological polar surface area (TPSA) is 78.0 Å². The predicted octanol–water partition coefficient (Wildman–Crippen LogP) is 0.685. The van der Waals surface area contributed by atoms with Crippen LogP contribution in [0.2, 0.25) is 0 Å². The Kier molecular flexibility index (Phi) is 3.59. The van der Waals surface area contributed by atoms with Crippen molar-refractivity contribution in [2.75, 3.05) is 7.11 Å². The average molecular weight is 247 g/mol. The fraction of sp³-hybridized carbons (Fsp3) is 0.333. The second kappa shape index (κ2) is 5.16. The Hall–Kier alpha value is -1.92. The quantitative estimate of drug-likeness (QED) is 0.614. The molecule has 0 aliphatic carbocycles. The summed E-state index contributed by atoms with van der Waals surface area (Å²) in [7, 11) is 3.49. The van der Waals surface area contributed by atoms with Crippen LogP contribution in [-0.4, -0.2) is 22.1 Å². The summed E-state index contributed by atoms with van der Waals surface area (Å²) in [6.07, 6.45) is 1.69. The molecule has 1 aromatic heterocycles. The van der Waals surface area contributed by atoms with E-state index < -0.39 is 0 Å². The first-order valence-corrected chi connectivity index (χ1v) is 5.62. The maximum absolute atomic E-state index is 5.63. The molecule has 0 fully saturated rings. The van der Waals surface area contributed by atoms with E-state index in [0.717, 1.165) is 22.6 Å². The second-order valence-corrected chi connectivity index (χ2v) is 4.11. The Morgan fingerprint density at radius 3 is 2.78 bits per heavy atom. The molecule has 0 amide bonds. The van der Waals surface area contributed by atoms with Crippen molar-refractivity contribution in [1.82, 2.24) is 20.4 Å². The summed E-state index contributed by atoms with van der Waals surface area (Å²) in [5.74, 6) is 6.47. The number of nitrogens with one attached hydrogen (secondary N) is 1. The number of hydrazine groups is 1. The molecule has 2 aromatic rings. The molecular weight excluding hydrogens is 230 g/mol. The fourth-order valence-electron chi connectivity index (χ4n) is 1.93. The highest BCUT2D eigenvalue weighted by Crippen LogP contribution is 2.26. The highest BCUT2D eigenvalue weighted by molar-refractivity contribution is 5.39. The van der Waals surface area contributed by atoms with Crippen LogP contribution in [-0.2, 0) is 7.05 Å². The molecule has 0 saturated heterocycles. The van der Waals surface area contributed by atoms with Crippen molar-refractivity contribution in [2.45, 2.75) is 13.0 Å². The van der Waals surface area contributed by atoms with Crippen LogP contribution in [0.1, 0.15) is 22.9 Å². The van der Waals surface area contributed by atoms with E-state index in [1.165, 1.54) is 0 Å². The van der Waals surface area contributed by atoms with E-state index >= 15 is 0 Å². The number of hydrogen-bond acceptors (Lipinski definition) is 5. The summed E-state index contributed by atoms with van der Waals surface area (Å²) in [5.41, 5.74) is 5.76. The van der Waals surface area contributed by atoms with Gasteiger partial charge in [-0.2, -0.15) is 0 Å². The Bertz CT molecular complexity index is 537. The van der Waals surface area contributed by atoms with Gasteiger partial charge in [-0.05, 0) is 24.1 Å². The number of nitrogens with two attached hydrogens (primary N) is 1. The lowest BCUT2D eigenvalue weighted by Gasteiger charge is -2.17. The lowest BCUT2D eigenvalue weighted by molar-refractivity contribution is 0.410. The largest absolute Gasteiger partial charge is 0.496 e. The lowest BCUT2D eigenvalue weighted by atomic mass is 10.0. The van der Waals surface area contributed by atoms with E-state index in [4.69, 9.17) is 10.6 Å². The maximum atomic E-state index is 5.63. The monoisotopic (exact) mass is 247 g/mol. The first-order valence-electron chi connectivity index (χ1n) is 5.62. The summed E-state index contributed by atoms with van der Waals surface area (Å²) in [4.78, 5) is 0. The van der Waals surface area contributed by atoms with Crippen LogP contribution >= 0.6 is 0 Å². The van der Waals surface area contributed by atoms with Crippen molar-refractivity contribution >= 4 is 0 Å². The minimum atomic E-state index is -0.167. The van der Waals surface area contributed by atoms with Gasteiger partial charge in [-0.3, -0.25) is 10.5 Å². The average Bonchev–Trinajstić information content (AvgIpc) is 2.79. The van der Waals surface area contributed by atoms with Gasteiger partial charge in [0.1, 0.15) is 5.75 Å². The molecule has 6 heteroatoms. The van der Waals surface area contributed by atoms with E-state index in [-0.39, 0.29) is 6.04 Å². The molecule has 0 aliphatic heterocycles. The van der Waals surface area contributed by atoms with Crippen LogP contribution in [0.15, 0.2) is 24.4 Å². The standard InChI is InChI=1S/C12H17N5O/c1-8-4-5-9(6-11(8)18-3)12(15-13)10-7-14-16-17(10)2/h4-7,12,15H,13H2,1-3H3. The smallest absolute Gasteiger partial charge is 0.122 e. The van der Waals surface area contributed by atoms with Crippen molar-refractivity contribution in [3.8, 4) is 5.75 Å². The van der Waals surface area contributed by atoms with Gasteiger partial charge in [-0.25, -0.2) is 5.43 Å². The normalized spacial score (nSPS) is 12.4. The molecule has 0 bridgehead atoms. The molecular formula is C12H17N5O. The molecule has 1 unspecified atom stereocenters. The fourth-order valence-corrected chi connectivity index (χ4v) is 1.93. The molecule has 2 rings (SSSR count). The van der Waals surface area contributed by atoms with E-state index in [0.29, 0.717) is 0 Å². The van der Waals surface area contributed by atoms with Gasteiger partial charge >= 0.3 is 0 Å². The van der Waals surface area contributed by atoms with Crippen molar-refractivity contribution in [3.63, 3.8) is 0 Å². The van der Waals surface area contributed by atoms with E-state index in [9.17, 15) is 0 Å². The number of hydrogen-bond donors (Lipinski definition) is 2. The summed E-state index contributed by atoms with van der Waals surface area (Å²) in [6.45, 7) is 2.00. The van der Waals surface area contributed by atoms with Crippen LogP contribution in [0, 0.1) is 6.92 Å². The van der Waals surface area contributed by atoms with Crippen molar-refractivity contribution in [1.29, 1.82) is 0 Å². The van der Waals surface area contributed by atoms with Gasteiger partial charge in [0.25, 0.3) is 0 Å². The second-order valence-electron chi connectivity index (χ2n) is 4.11. The minimum Gasteiger partial charge on any atom is -0.496 e. The molecule has 0 saturated carbocycles. The van der Waals surface area contributed by atoms with Gasteiger partial charge in [0, 0.05) is 7.05 Å². The van der Waals surface area contributed by atoms with Crippen LogP contribution in [0.5, 0.6) is 5.75 Å². The van der Waals surface area contributed by atoms with Crippen molar-refractivity contribution in [2.24, 2.45) is 12.9 Å². The van der Waals surface area contributed by atoms with Crippen molar-refractivity contribution < 1.29 is 4.74 Å². The molecule has 3 N–H and O–H groups in total. The summed E-state index contributed by atoms with van der Waals surface area (Å²) in [5, 5.41) is 7.77. The van der Waals surface area contributed by atoms with Crippen LogP contribution in [0.25, 0.3) is 0 Å². The summed E-state index contributed by atoms with van der Waals surface area (Å²) >= 11 is 0. The molecule has 18 heavy (non-hydrogen) atoms. The highest BCUT2D eigenvalue weighted by atomic mass is 16.5. The number of benzene rings is 1. The van der Waals surface area contributed by atoms with E-state index in [1.807, 2.05) is 32.2 Å². The number of aryl methyl sites for hydroxylation is 2. The maximum Gasteiger partial charge on any atom is 0.122 e. The number of rotatable bonds is 4. The van der Waals surface area contributed by atoms with Crippen molar-refractivity contribution in [3.05, 3.63) is 41.2 Å². The number of aromatic nitrogens is 3. The van der Waals surface area contributed by atoms with Gasteiger partial charge in [0.05, 0.1) is 25.0 Å². The number of methoxy groups -OCH3 is 1.